The van der Waals surface area contributed by atoms with Gasteiger partial charge >= 0.3 is 5.97 Å². The van der Waals surface area contributed by atoms with Crippen molar-refractivity contribution < 1.29 is 14.3 Å². The summed E-state index contributed by atoms with van der Waals surface area (Å²) in [7, 11) is 0. The Bertz CT molecular complexity index is 1270. The molecule has 0 unspecified atom stereocenters. The second kappa shape index (κ2) is 9.36. The number of amides is 1. The van der Waals surface area contributed by atoms with Crippen LogP contribution in [0.4, 0.5) is 5.82 Å². The maximum absolute atomic E-state index is 12.4. The van der Waals surface area contributed by atoms with Crippen molar-refractivity contribution in [2.45, 2.75) is 6.54 Å². The van der Waals surface area contributed by atoms with E-state index in [1.165, 1.54) is 21.8 Å². The van der Waals surface area contributed by atoms with E-state index in [9.17, 15) is 14.9 Å². The molecule has 1 N–H and O–H groups in total. The number of anilines is 1. The summed E-state index contributed by atoms with van der Waals surface area (Å²) in [6, 6.07) is 20.6. The van der Waals surface area contributed by atoms with Crippen LogP contribution in [0.3, 0.4) is 0 Å². The van der Waals surface area contributed by atoms with Crippen molar-refractivity contribution in [3.05, 3.63) is 89.9 Å². The van der Waals surface area contributed by atoms with Crippen molar-refractivity contribution in [2.75, 3.05) is 11.9 Å². The SMILES string of the molecule is N#Cc1cnn(-c2ccccc2)c1NC(=O)COC(=O)c1cn(Cc2ccccc2)nn1. The lowest BCUT2D eigenvalue weighted by atomic mass is 10.2. The summed E-state index contributed by atoms with van der Waals surface area (Å²) in [4.78, 5) is 24.6. The number of nitriles is 1. The molecule has 10 nitrogen and oxygen atoms in total. The highest BCUT2D eigenvalue weighted by Gasteiger charge is 2.18. The zero-order valence-electron chi connectivity index (χ0n) is 16.8. The summed E-state index contributed by atoms with van der Waals surface area (Å²) >= 11 is 0. The highest BCUT2D eigenvalue weighted by molar-refractivity contribution is 5.95. The number of carbonyl (C=O) groups is 2. The lowest BCUT2D eigenvalue weighted by Crippen LogP contribution is -2.23. The van der Waals surface area contributed by atoms with E-state index in [1.807, 2.05) is 42.5 Å². The molecule has 2 aromatic heterocycles. The van der Waals surface area contributed by atoms with Crippen LogP contribution < -0.4 is 5.32 Å². The lowest BCUT2D eigenvalue weighted by molar-refractivity contribution is -0.119. The van der Waals surface area contributed by atoms with E-state index < -0.39 is 18.5 Å². The number of esters is 1. The number of benzene rings is 2. The minimum absolute atomic E-state index is 0.0132. The quantitative estimate of drug-likeness (QED) is 0.448. The van der Waals surface area contributed by atoms with Gasteiger partial charge in [-0.3, -0.25) is 4.79 Å². The Hall–Kier alpha value is -4.78. The molecule has 1 amide bonds. The third kappa shape index (κ3) is 4.68. The number of rotatable bonds is 7. The lowest BCUT2D eigenvalue weighted by Gasteiger charge is -2.09. The Kier molecular flexibility index (Phi) is 5.99. The van der Waals surface area contributed by atoms with Crippen molar-refractivity contribution >= 4 is 17.7 Å². The molecule has 4 aromatic rings. The fourth-order valence-electron chi connectivity index (χ4n) is 2.93. The maximum atomic E-state index is 12.4. The fourth-order valence-corrected chi connectivity index (χ4v) is 2.93. The van der Waals surface area contributed by atoms with Gasteiger partial charge in [-0.05, 0) is 17.7 Å². The topological polar surface area (TPSA) is 128 Å². The van der Waals surface area contributed by atoms with Crippen molar-refractivity contribution in [3.8, 4) is 11.8 Å². The molecule has 10 heteroatoms. The molecule has 0 radical (unpaired) electrons. The highest BCUT2D eigenvalue weighted by atomic mass is 16.5. The standard InChI is InChI=1S/C22H17N7O3/c23-11-17-12-24-29(18-9-5-2-6-10-18)21(17)25-20(30)15-32-22(31)19-14-28(27-26-19)13-16-7-3-1-4-8-16/h1-10,12,14H,13,15H2,(H,25,30). The van der Waals surface area contributed by atoms with Crippen LogP contribution in [0.15, 0.2) is 73.1 Å². The number of nitrogens with one attached hydrogen (secondary N) is 1. The average Bonchev–Trinajstić information content (AvgIpc) is 3.46. The van der Waals surface area contributed by atoms with Crippen molar-refractivity contribution in [1.82, 2.24) is 24.8 Å². The van der Waals surface area contributed by atoms with Crippen LogP contribution in [0, 0.1) is 11.3 Å². The van der Waals surface area contributed by atoms with Gasteiger partial charge in [-0.1, -0.05) is 53.7 Å². The zero-order valence-corrected chi connectivity index (χ0v) is 16.8. The molecular weight excluding hydrogens is 410 g/mol. The van der Waals surface area contributed by atoms with Crippen LogP contribution in [0.5, 0.6) is 0 Å². The fraction of sp³-hybridized carbons (Fsp3) is 0.0909. The van der Waals surface area contributed by atoms with Crippen LogP contribution >= 0.6 is 0 Å². The van der Waals surface area contributed by atoms with Gasteiger partial charge in [0.2, 0.25) is 0 Å². The van der Waals surface area contributed by atoms with E-state index in [0.29, 0.717) is 12.2 Å². The van der Waals surface area contributed by atoms with Gasteiger partial charge in [0.1, 0.15) is 11.6 Å². The van der Waals surface area contributed by atoms with Gasteiger partial charge in [-0.15, -0.1) is 5.10 Å². The number of aromatic nitrogens is 5. The smallest absolute Gasteiger partial charge is 0.361 e. The van der Waals surface area contributed by atoms with Gasteiger partial charge in [-0.2, -0.15) is 10.4 Å². The molecule has 2 aromatic carbocycles. The first-order valence-electron chi connectivity index (χ1n) is 9.58. The van der Waals surface area contributed by atoms with Gasteiger partial charge in [0.15, 0.2) is 18.1 Å². The van der Waals surface area contributed by atoms with E-state index in [-0.39, 0.29) is 17.1 Å². The Morgan fingerprint density at radius 1 is 1.06 bits per heavy atom. The molecule has 4 rings (SSSR count). The third-order valence-corrected chi connectivity index (χ3v) is 4.42. The summed E-state index contributed by atoms with van der Waals surface area (Å²) in [6.07, 6.45) is 2.80. The van der Waals surface area contributed by atoms with Crippen LogP contribution in [-0.2, 0) is 16.1 Å². The Labute approximate surface area is 182 Å². The van der Waals surface area contributed by atoms with E-state index in [2.05, 4.69) is 20.7 Å². The number of hydrogen-bond donors (Lipinski definition) is 1. The van der Waals surface area contributed by atoms with Gasteiger partial charge in [0, 0.05) is 0 Å². The summed E-state index contributed by atoms with van der Waals surface area (Å²) in [6.45, 7) is -0.114. The molecule has 32 heavy (non-hydrogen) atoms. The Morgan fingerprint density at radius 3 is 2.50 bits per heavy atom. The van der Waals surface area contributed by atoms with Crippen LogP contribution in [-0.4, -0.2) is 43.3 Å². The second-order valence-electron chi connectivity index (χ2n) is 6.68. The van der Waals surface area contributed by atoms with Crippen molar-refractivity contribution in [1.29, 1.82) is 5.26 Å². The predicted octanol–water partition coefficient (Wildman–Crippen LogP) is 2.18. The first-order chi connectivity index (χ1) is 15.6. The van der Waals surface area contributed by atoms with Crippen LogP contribution in [0.1, 0.15) is 21.6 Å². The monoisotopic (exact) mass is 427 g/mol. The van der Waals surface area contributed by atoms with Gasteiger partial charge in [0.05, 0.1) is 24.6 Å². The van der Waals surface area contributed by atoms with E-state index in [4.69, 9.17) is 4.74 Å². The van der Waals surface area contributed by atoms with Crippen LogP contribution in [0.25, 0.3) is 5.69 Å². The predicted molar refractivity (Wildman–Crippen MR) is 113 cm³/mol. The normalized spacial score (nSPS) is 10.3. The molecule has 0 saturated carbocycles. The van der Waals surface area contributed by atoms with Gasteiger partial charge in [-0.25, -0.2) is 14.2 Å². The molecule has 158 valence electrons. The average molecular weight is 427 g/mol. The molecule has 0 bridgehead atoms. The molecule has 0 atom stereocenters. The minimum Gasteiger partial charge on any atom is -0.451 e. The molecule has 0 aliphatic rings. The molecule has 2 heterocycles. The molecule has 0 fully saturated rings. The van der Waals surface area contributed by atoms with E-state index in [1.54, 1.807) is 24.3 Å². The summed E-state index contributed by atoms with van der Waals surface area (Å²) in [5.74, 6) is -1.21. The Balaban J connectivity index is 1.37. The molecule has 0 aliphatic heterocycles. The number of nitrogens with zero attached hydrogens (tertiary/aromatic N) is 6. The molecule has 0 spiro atoms. The highest BCUT2D eigenvalue weighted by Crippen LogP contribution is 2.19. The largest absolute Gasteiger partial charge is 0.451 e. The second-order valence-corrected chi connectivity index (χ2v) is 6.68. The first kappa shape index (κ1) is 20.5. The zero-order chi connectivity index (χ0) is 22.3. The maximum Gasteiger partial charge on any atom is 0.361 e. The number of ether oxygens (including phenoxy) is 1. The molecule has 0 saturated heterocycles. The number of hydrogen-bond acceptors (Lipinski definition) is 7. The van der Waals surface area contributed by atoms with Crippen LogP contribution in [0.2, 0.25) is 0 Å². The summed E-state index contributed by atoms with van der Waals surface area (Å²) in [5.41, 5.74) is 1.83. The van der Waals surface area contributed by atoms with Crippen molar-refractivity contribution in [3.63, 3.8) is 0 Å². The van der Waals surface area contributed by atoms with Gasteiger partial charge in [0.25, 0.3) is 5.91 Å². The van der Waals surface area contributed by atoms with Crippen molar-refractivity contribution in [2.24, 2.45) is 0 Å². The third-order valence-electron chi connectivity index (χ3n) is 4.42. The van der Waals surface area contributed by atoms with Gasteiger partial charge < -0.3 is 10.1 Å². The van der Waals surface area contributed by atoms with E-state index in [0.717, 1.165) is 5.56 Å². The number of carbonyl (C=O) groups excluding carboxylic acids is 2. The first-order valence-corrected chi connectivity index (χ1v) is 9.58. The summed E-state index contributed by atoms with van der Waals surface area (Å²) in [5, 5.41) is 23.7. The summed E-state index contributed by atoms with van der Waals surface area (Å²) < 4.78 is 7.97. The Morgan fingerprint density at radius 2 is 1.78 bits per heavy atom. The molecule has 0 aliphatic carbocycles. The van der Waals surface area contributed by atoms with E-state index >= 15 is 0 Å². The molecular formula is C22H17N7O3. The number of para-hydroxylation sites is 1. The minimum atomic E-state index is -0.781.